The van der Waals surface area contributed by atoms with Gasteiger partial charge >= 0.3 is 5.97 Å². The zero-order valence-electron chi connectivity index (χ0n) is 15.2. The van der Waals surface area contributed by atoms with Gasteiger partial charge < -0.3 is 15.4 Å². The van der Waals surface area contributed by atoms with E-state index in [0.29, 0.717) is 10.6 Å². The van der Waals surface area contributed by atoms with Gasteiger partial charge in [-0.15, -0.1) is 11.3 Å². The van der Waals surface area contributed by atoms with Gasteiger partial charge in [-0.25, -0.2) is 4.79 Å². The summed E-state index contributed by atoms with van der Waals surface area (Å²) >= 11 is 19.7. The number of hydrogen-bond donors (Lipinski definition) is 2. The number of aryl methyl sites for hydroxylation is 1. The largest absolute Gasteiger partial charge is 0.462 e. The lowest BCUT2D eigenvalue weighted by atomic mass is 9.95. The van der Waals surface area contributed by atoms with Gasteiger partial charge in [0.1, 0.15) is 11.2 Å². The Morgan fingerprint density at radius 2 is 1.88 bits per heavy atom. The molecule has 0 bridgehead atoms. The Morgan fingerprint density at radius 3 is 2.42 bits per heavy atom. The summed E-state index contributed by atoms with van der Waals surface area (Å²) in [5.74, 6) is -0.678. The second-order valence-electron chi connectivity index (χ2n) is 7.12. The van der Waals surface area contributed by atoms with Crippen molar-refractivity contribution in [2.24, 2.45) is 5.41 Å². The molecule has 0 saturated carbocycles. The van der Waals surface area contributed by atoms with Gasteiger partial charge in [0.25, 0.3) is 0 Å². The SMILES string of the molecule is CCOC(=O)c1c(N[C@@H](NC(=O)C(C)(C)C)C(Cl)(Cl)Cl)sc2c1CCC2. The molecule has 1 aromatic rings. The highest BCUT2D eigenvalue weighted by Gasteiger charge is 2.38. The van der Waals surface area contributed by atoms with E-state index in [1.54, 1.807) is 27.7 Å². The highest BCUT2D eigenvalue weighted by molar-refractivity contribution is 7.16. The van der Waals surface area contributed by atoms with E-state index in [1.165, 1.54) is 11.3 Å². The van der Waals surface area contributed by atoms with E-state index < -0.39 is 21.3 Å². The number of carbonyl (C=O) groups excluding carboxylic acids is 2. The predicted octanol–water partition coefficient (Wildman–Crippen LogP) is 4.68. The summed E-state index contributed by atoms with van der Waals surface area (Å²) in [5, 5.41) is 6.32. The lowest BCUT2D eigenvalue weighted by Crippen LogP contribution is -2.52. The van der Waals surface area contributed by atoms with Crippen LogP contribution < -0.4 is 10.6 Å². The molecule has 1 amide bonds. The van der Waals surface area contributed by atoms with Crippen molar-refractivity contribution >= 4 is 63.0 Å². The summed E-state index contributed by atoms with van der Waals surface area (Å²) in [4.78, 5) is 25.9. The third-order valence-corrected chi connectivity index (χ3v) is 5.84. The number of ether oxygens (including phenoxy) is 1. The minimum atomic E-state index is -1.80. The maximum absolute atomic E-state index is 12.5. The van der Waals surface area contributed by atoms with Crippen molar-refractivity contribution in [2.45, 2.75) is 56.9 Å². The number of halogens is 3. The normalized spacial score (nSPS) is 15.3. The van der Waals surface area contributed by atoms with Gasteiger partial charge in [-0.3, -0.25) is 4.79 Å². The molecule has 1 aromatic heterocycles. The fourth-order valence-corrected chi connectivity index (χ4v) is 4.24. The Morgan fingerprint density at radius 1 is 1.23 bits per heavy atom. The summed E-state index contributed by atoms with van der Waals surface area (Å²) in [6, 6.07) is 0. The van der Waals surface area contributed by atoms with Crippen molar-refractivity contribution in [3.05, 3.63) is 16.0 Å². The summed E-state index contributed by atoms with van der Waals surface area (Å²) in [6.45, 7) is 7.33. The number of alkyl halides is 3. The maximum Gasteiger partial charge on any atom is 0.341 e. The average molecular weight is 442 g/mol. The minimum absolute atomic E-state index is 0.275. The summed E-state index contributed by atoms with van der Waals surface area (Å²) in [7, 11) is 0. The molecule has 0 spiro atoms. The Hall–Kier alpha value is -0.690. The first kappa shape index (κ1) is 21.6. The fourth-order valence-electron chi connectivity index (χ4n) is 2.60. The van der Waals surface area contributed by atoms with E-state index in [1.807, 2.05) is 0 Å². The highest BCUT2D eigenvalue weighted by Crippen LogP contribution is 2.41. The Balaban J connectivity index is 2.34. The third kappa shape index (κ3) is 4.97. The lowest BCUT2D eigenvalue weighted by Gasteiger charge is -2.30. The molecule has 5 nitrogen and oxygen atoms in total. The molecule has 0 aliphatic heterocycles. The van der Waals surface area contributed by atoms with Gasteiger partial charge in [-0.2, -0.15) is 0 Å². The summed E-state index contributed by atoms with van der Waals surface area (Å²) in [6.07, 6.45) is 1.73. The molecule has 0 saturated heterocycles. The molecular weight excluding hydrogens is 419 g/mol. The zero-order valence-corrected chi connectivity index (χ0v) is 18.3. The first-order valence-corrected chi connectivity index (χ1v) is 10.4. The Bertz CT molecular complexity index is 693. The van der Waals surface area contributed by atoms with Crippen molar-refractivity contribution in [1.29, 1.82) is 0 Å². The van der Waals surface area contributed by atoms with E-state index >= 15 is 0 Å². The van der Waals surface area contributed by atoms with Crippen LogP contribution in [-0.2, 0) is 22.4 Å². The smallest absolute Gasteiger partial charge is 0.341 e. The van der Waals surface area contributed by atoms with Crippen LogP contribution in [-0.4, -0.2) is 28.4 Å². The quantitative estimate of drug-likeness (QED) is 0.395. The van der Waals surface area contributed by atoms with Crippen LogP contribution in [0.4, 0.5) is 5.00 Å². The van der Waals surface area contributed by atoms with Gasteiger partial charge in [0.2, 0.25) is 9.70 Å². The molecule has 9 heteroatoms. The molecule has 26 heavy (non-hydrogen) atoms. The second-order valence-corrected chi connectivity index (χ2v) is 10.6. The van der Waals surface area contributed by atoms with Crippen LogP contribution in [0.25, 0.3) is 0 Å². The average Bonchev–Trinajstić information content (AvgIpc) is 3.04. The molecule has 1 aliphatic carbocycles. The first-order chi connectivity index (χ1) is 11.9. The first-order valence-electron chi connectivity index (χ1n) is 8.41. The minimum Gasteiger partial charge on any atom is -0.462 e. The summed E-state index contributed by atoms with van der Waals surface area (Å²) in [5.41, 5.74) is 0.812. The van der Waals surface area contributed by atoms with Gasteiger partial charge in [0.15, 0.2) is 0 Å². The standard InChI is InChI=1S/C17H23Cl3N2O3S/c1-5-25-13(23)11-9-7-6-8-10(9)26-12(11)21-14(17(18,19)20)22-15(24)16(2,3)4/h14,21H,5-8H2,1-4H3,(H,22,24)/t14-/m0/s1. The lowest BCUT2D eigenvalue weighted by molar-refractivity contribution is -0.129. The van der Waals surface area contributed by atoms with E-state index in [-0.39, 0.29) is 12.5 Å². The molecule has 1 heterocycles. The van der Waals surface area contributed by atoms with E-state index in [4.69, 9.17) is 39.5 Å². The fraction of sp³-hybridized carbons (Fsp3) is 0.647. The maximum atomic E-state index is 12.5. The van der Waals surface area contributed by atoms with Crippen LogP contribution in [0.3, 0.4) is 0 Å². The number of fused-ring (bicyclic) bond motifs is 1. The van der Waals surface area contributed by atoms with Crippen LogP contribution >= 0.6 is 46.1 Å². The van der Waals surface area contributed by atoms with Crippen molar-refractivity contribution in [2.75, 3.05) is 11.9 Å². The van der Waals surface area contributed by atoms with Crippen LogP contribution in [0.1, 0.15) is 54.9 Å². The molecule has 0 aromatic carbocycles. The number of amides is 1. The van der Waals surface area contributed by atoms with Crippen LogP contribution in [0.5, 0.6) is 0 Å². The van der Waals surface area contributed by atoms with E-state index in [9.17, 15) is 9.59 Å². The van der Waals surface area contributed by atoms with Gasteiger partial charge in [0, 0.05) is 10.3 Å². The Kier molecular flexibility index (Phi) is 6.76. The van der Waals surface area contributed by atoms with Crippen LogP contribution in [0.15, 0.2) is 0 Å². The number of nitrogens with one attached hydrogen (secondary N) is 2. The van der Waals surface area contributed by atoms with Crippen molar-refractivity contribution < 1.29 is 14.3 Å². The van der Waals surface area contributed by atoms with Gasteiger partial charge in [0.05, 0.1) is 12.2 Å². The molecule has 146 valence electrons. The molecule has 0 radical (unpaired) electrons. The summed E-state index contributed by atoms with van der Waals surface area (Å²) < 4.78 is 3.39. The van der Waals surface area contributed by atoms with Gasteiger partial charge in [-0.05, 0) is 31.7 Å². The molecule has 1 atom stereocenters. The second kappa shape index (κ2) is 8.13. The Labute approximate surface area is 172 Å². The molecule has 0 unspecified atom stereocenters. The predicted molar refractivity (Wildman–Crippen MR) is 108 cm³/mol. The number of esters is 1. The molecule has 1 aliphatic rings. The molecule has 0 fully saturated rings. The van der Waals surface area contributed by atoms with Gasteiger partial charge in [-0.1, -0.05) is 55.6 Å². The number of rotatable bonds is 5. The van der Waals surface area contributed by atoms with E-state index in [0.717, 1.165) is 29.7 Å². The van der Waals surface area contributed by atoms with E-state index in [2.05, 4.69) is 10.6 Å². The van der Waals surface area contributed by atoms with Crippen LogP contribution in [0, 0.1) is 5.41 Å². The number of anilines is 1. The zero-order chi connectivity index (χ0) is 19.7. The van der Waals surface area contributed by atoms with Crippen LogP contribution in [0.2, 0.25) is 0 Å². The topological polar surface area (TPSA) is 67.4 Å². The van der Waals surface area contributed by atoms with Crippen molar-refractivity contribution in [3.8, 4) is 0 Å². The highest BCUT2D eigenvalue weighted by atomic mass is 35.6. The van der Waals surface area contributed by atoms with Crippen molar-refractivity contribution in [3.63, 3.8) is 0 Å². The molecular formula is C17H23Cl3N2O3S. The monoisotopic (exact) mass is 440 g/mol. The van der Waals surface area contributed by atoms with Crippen molar-refractivity contribution in [1.82, 2.24) is 5.32 Å². The third-order valence-electron chi connectivity index (χ3n) is 3.96. The molecule has 2 N–H and O–H groups in total. The number of carbonyl (C=O) groups is 2. The molecule has 2 rings (SSSR count). The number of thiophene rings is 1. The number of hydrogen-bond acceptors (Lipinski definition) is 5.